The number of halogens is 1. The van der Waals surface area contributed by atoms with Crippen molar-refractivity contribution in [3.05, 3.63) is 131 Å². The predicted octanol–water partition coefficient (Wildman–Crippen LogP) is 3.66. The number of likely N-dealkylation sites (N-methyl/N-ethyl adjacent to an activating group) is 2. The minimum Gasteiger partial charge on any atom is -0.465 e. The van der Waals surface area contributed by atoms with Crippen molar-refractivity contribution in [2.24, 2.45) is 0 Å². The van der Waals surface area contributed by atoms with E-state index in [9.17, 15) is 26.4 Å². The van der Waals surface area contributed by atoms with Crippen molar-refractivity contribution in [3.8, 4) is 0 Å². The molecule has 0 unspecified atom stereocenters. The molecular weight excluding hydrogens is 920 g/mol. The van der Waals surface area contributed by atoms with Crippen LogP contribution in [0.15, 0.2) is 109 Å². The Hall–Kier alpha value is -4.67. The number of ether oxygens (including phenoxy) is 3. The van der Waals surface area contributed by atoms with E-state index in [0.717, 1.165) is 76.7 Å². The van der Waals surface area contributed by atoms with Crippen molar-refractivity contribution < 1.29 is 40.6 Å². The van der Waals surface area contributed by atoms with Gasteiger partial charge in [-0.05, 0) is 59.7 Å². The standard InChI is InChI=1S/C25H34N4O5S.C22H30N4O4S.ClH/c1-26(12-13-27-14-16-28(17-15-27)24-19-34-20-24)35(31,32)29(23-6-4-3-5-7-23)18-21-8-10-22(11-9-21)25(30)33-2;1-24(16-17-25-14-12-23-13-15-25)31(28,29)26(21-6-4-3-5-7-21)18-19-8-10-20(11-9-19)22(27)30-2;/h3-11,24H,12-20H2,1-2H3;3-11,23H,12-18H2,1-2H3;1H. The van der Waals surface area contributed by atoms with Crippen LogP contribution in [0, 0.1) is 0 Å². The minimum atomic E-state index is -3.78. The van der Waals surface area contributed by atoms with Gasteiger partial charge in [-0.15, -0.1) is 12.4 Å². The molecule has 20 heteroatoms. The highest BCUT2D eigenvalue weighted by atomic mass is 35.5. The Bertz CT molecular complexity index is 2360. The SMILES string of the molecule is COC(=O)c1ccc(CN(c2ccccc2)S(=O)(=O)N(C)CCN2CCN(C3COC3)CC2)cc1.COC(=O)c1ccc(CN(c2ccccc2)S(=O)(=O)N(C)CCN2CCNCC2)cc1.Cl. The Morgan fingerprint density at radius 3 is 1.34 bits per heavy atom. The third-order valence-corrected chi connectivity index (χ3v) is 15.8. The summed E-state index contributed by atoms with van der Waals surface area (Å²) >= 11 is 0. The molecule has 4 aromatic carbocycles. The number of hydrogen-bond donors (Lipinski definition) is 1. The second kappa shape index (κ2) is 25.6. The van der Waals surface area contributed by atoms with Gasteiger partial charge in [0.15, 0.2) is 0 Å². The first-order valence-electron chi connectivity index (χ1n) is 22.2. The summed E-state index contributed by atoms with van der Waals surface area (Å²) in [6.45, 7) is 11.7. The van der Waals surface area contributed by atoms with Gasteiger partial charge in [-0.3, -0.25) is 23.3 Å². The Kier molecular flexibility index (Phi) is 20.4. The van der Waals surface area contributed by atoms with Gasteiger partial charge in [-0.25, -0.2) is 9.59 Å². The van der Waals surface area contributed by atoms with Crippen molar-refractivity contribution in [1.29, 1.82) is 0 Å². The van der Waals surface area contributed by atoms with Gasteiger partial charge in [0.05, 0.1) is 69.1 Å². The average molecular weight is 986 g/mol. The van der Waals surface area contributed by atoms with Crippen LogP contribution in [0.1, 0.15) is 31.8 Å². The molecule has 17 nitrogen and oxygen atoms in total. The molecule has 3 aliphatic heterocycles. The van der Waals surface area contributed by atoms with Crippen LogP contribution in [0.5, 0.6) is 0 Å². The number of rotatable bonds is 19. The van der Waals surface area contributed by atoms with Gasteiger partial charge >= 0.3 is 32.4 Å². The summed E-state index contributed by atoms with van der Waals surface area (Å²) < 4.78 is 74.7. The van der Waals surface area contributed by atoms with E-state index in [1.807, 2.05) is 36.4 Å². The van der Waals surface area contributed by atoms with Crippen molar-refractivity contribution in [3.63, 3.8) is 0 Å². The first-order chi connectivity index (χ1) is 31.8. The van der Waals surface area contributed by atoms with Gasteiger partial charge in [-0.2, -0.15) is 25.4 Å². The monoisotopic (exact) mass is 984 g/mol. The molecule has 3 aliphatic rings. The van der Waals surface area contributed by atoms with E-state index in [0.29, 0.717) is 54.7 Å². The van der Waals surface area contributed by atoms with E-state index in [2.05, 4.69) is 20.0 Å². The number of carbonyl (C=O) groups is 2. The number of nitrogens with zero attached hydrogens (tertiary/aromatic N) is 7. The Balaban J connectivity index is 0.000000249. The molecule has 0 aromatic heterocycles. The molecule has 0 aliphatic carbocycles. The molecule has 0 bridgehead atoms. The molecule has 7 rings (SSSR count). The number of anilines is 2. The van der Waals surface area contributed by atoms with Crippen molar-refractivity contribution in [2.75, 3.05) is 129 Å². The van der Waals surface area contributed by atoms with E-state index in [4.69, 9.17) is 14.2 Å². The fraction of sp³-hybridized carbons (Fsp3) is 0.447. The molecule has 366 valence electrons. The maximum atomic E-state index is 13.7. The second-order valence-corrected chi connectivity index (χ2v) is 20.3. The Morgan fingerprint density at radius 1 is 0.597 bits per heavy atom. The van der Waals surface area contributed by atoms with Crippen molar-refractivity contribution in [2.45, 2.75) is 19.1 Å². The molecule has 67 heavy (non-hydrogen) atoms. The molecule has 0 spiro atoms. The first-order valence-corrected chi connectivity index (χ1v) is 25.0. The molecule has 3 heterocycles. The van der Waals surface area contributed by atoms with E-state index in [-0.39, 0.29) is 25.5 Å². The lowest BCUT2D eigenvalue weighted by atomic mass is 10.1. The highest BCUT2D eigenvalue weighted by Gasteiger charge is 2.32. The lowest BCUT2D eigenvalue weighted by Gasteiger charge is -2.42. The van der Waals surface area contributed by atoms with Crippen molar-refractivity contribution in [1.82, 2.24) is 28.6 Å². The van der Waals surface area contributed by atoms with Crippen molar-refractivity contribution >= 4 is 56.1 Å². The second-order valence-electron chi connectivity index (χ2n) is 16.4. The number of carbonyl (C=O) groups excluding carboxylic acids is 2. The van der Waals surface area contributed by atoms with Crippen LogP contribution < -0.4 is 13.9 Å². The summed E-state index contributed by atoms with van der Waals surface area (Å²) in [5.41, 5.74) is 3.58. The van der Waals surface area contributed by atoms with E-state index >= 15 is 0 Å². The summed E-state index contributed by atoms with van der Waals surface area (Å²) in [7, 11) is -1.62. The summed E-state index contributed by atoms with van der Waals surface area (Å²) in [4.78, 5) is 30.5. The Labute approximate surface area is 402 Å². The number of methoxy groups -OCH3 is 2. The quantitative estimate of drug-likeness (QED) is 0.136. The fourth-order valence-electron chi connectivity index (χ4n) is 7.71. The molecule has 3 fully saturated rings. The van der Waals surface area contributed by atoms with Crippen LogP contribution in [-0.2, 0) is 47.7 Å². The van der Waals surface area contributed by atoms with Gasteiger partial charge in [-0.1, -0.05) is 60.7 Å². The minimum absolute atomic E-state index is 0. The van der Waals surface area contributed by atoms with E-state index < -0.39 is 32.4 Å². The zero-order valence-corrected chi connectivity index (χ0v) is 41.3. The zero-order valence-electron chi connectivity index (χ0n) is 38.8. The summed E-state index contributed by atoms with van der Waals surface area (Å²) in [6.07, 6.45) is 0. The lowest BCUT2D eigenvalue weighted by Crippen LogP contribution is -2.57. The average Bonchev–Trinajstić information content (AvgIpc) is 3.34. The number of piperazine rings is 2. The van der Waals surface area contributed by atoms with Gasteiger partial charge < -0.3 is 19.5 Å². The van der Waals surface area contributed by atoms with Crippen LogP contribution in [0.3, 0.4) is 0 Å². The summed E-state index contributed by atoms with van der Waals surface area (Å²) in [5, 5.41) is 3.30. The number of hydrogen-bond acceptors (Lipinski definition) is 13. The summed E-state index contributed by atoms with van der Waals surface area (Å²) in [5.74, 6) is -0.850. The largest absolute Gasteiger partial charge is 0.465 e. The summed E-state index contributed by atoms with van der Waals surface area (Å²) in [6, 6.07) is 32.3. The number of benzene rings is 4. The zero-order chi connectivity index (χ0) is 47.1. The van der Waals surface area contributed by atoms with Crippen LogP contribution in [0.2, 0.25) is 0 Å². The molecule has 0 atom stereocenters. The van der Waals surface area contributed by atoms with E-state index in [1.165, 1.54) is 31.4 Å². The van der Waals surface area contributed by atoms with Gasteiger partial charge in [0.25, 0.3) is 0 Å². The van der Waals surface area contributed by atoms with Crippen LogP contribution in [0.25, 0.3) is 0 Å². The smallest absolute Gasteiger partial charge is 0.337 e. The highest BCUT2D eigenvalue weighted by molar-refractivity contribution is 7.90. The molecule has 0 radical (unpaired) electrons. The first kappa shape index (κ1) is 53.3. The van der Waals surface area contributed by atoms with Gasteiger partial charge in [0.2, 0.25) is 0 Å². The third-order valence-electron chi connectivity index (χ3n) is 12.1. The fourth-order valence-corrected chi connectivity index (χ4v) is 10.4. The normalized spacial score (nSPS) is 16.3. The Morgan fingerprint density at radius 2 is 0.985 bits per heavy atom. The molecular formula is C47H65ClN8O9S2. The molecule has 0 saturated carbocycles. The molecule has 0 amide bonds. The third kappa shape index (κ3) is 14.7. The maximum absolute atomic E-state index is 13.7. The lowest BCUT2D eigenvalue weighted by molar-refractivity contribution is -0.0768. The van der Waals surface area contributed by atoms with Gasteiger partial charge in [0, 0.05) is 92.6 Å². The molecule has 1 N–H and O–H groups in total. The highest BCUT2D eigenvalue weighted by Crippen LogP contribution is 2.25. The topological polar surface area (TPSA) is 165 Å². The molecule has 4 aromatic rings. The van der Waals surface area contributed by atoms with Crippen LogP contribution >= 0.6 is 12.4 Å². The van der Waals surface area contributed by atoms with Crippen LogP contribution in [-0.4, -0.2) is 178 Å². The van der Waals surface area contributed by atoms with Gasteiger partial charge in [0.1, 0.15) is 0 Å². The van der Waals surface area contributed by atoms with E-state index in [1.54, 1.807) is 86.9 Å². The molecule has 3 saturated heterocycles. The predicted molar refractivity (Wildman–Crippen MR) is 263 cm³/mol. The number of nitrogens with one attached hydrogen (secondary N) is 1. The number of para-hydroxylation sites is 2. The maximum Gasteiger partial charge on any atom is 0.337 e. The number of esters is 2. The van der Waals surface area contributed by atoms with Crippen LogP contribution in [0.4, 0.5) is 11.4 Å².